The highest BCUT2D eigenvalue weighted by atomic mass is 35.5. The number of nitrogens with one attached hydrogen (secondary N) is 1. The first-order chi connectivity index (χ1) is 11.7. The van der Waals surface area contributed by atoms with Gasteiger partial charge < -0.3 is 20.2 Å². The summed E-state index contributed by atoms with van der Waals surface area (Å²) in [6.45, 7) is 0.528. The molecule has 1 unspecified atom stereocenters. The minimum absolute atomic E-state index is 0.151. The lowest BCUT2D eigenvalue weighted by Gasteiger charge is -2.17. The molecule has 24 heavy (non-hydrogen) atoms. The zero-order valence-electron chi connectivity index (χ0n) is 13.8. The van der Waals surface area contributed by atoms with Crippen LogP contribution in [0.3, 0.4) is 0 Å². The minimum atomic E-state index is 0.151. The lowest BCUT2D eigenvalue weighted by atomic mass is 9.91. The summed E-state index contributed by atoms with van der Waals surface area (Å²) in [5.74, 6) is 1.81. The Morgan fingerprint density at radius 2 is 1.96 bits per heavy atom. The summed E-state index contributed by atoms with van der Waals surface area (Å²) in [4.78, 5) is 3.31. The van der Waals surface area contributed by atoms with E-state index in [1.165, 1.54) is 5.56 Å². The molecule has 0 saturated heterocycles. The smallest absolute Gasteiger partial charge is 0.122 e. The van der Waals surface area contributed by atoms with Gasteiger partial charge in [0.25, 0.3) is 0 Å². The van der Waals surface area contributed by atoms with Gasteiger partial charge in [0, 0.05) is 28.0 Å². The first kappa shape index (κ1) is 16.7. The van der Waals surface area contributed by atoms with Crippen LogP contribution in [-0.4, -0.2) is 25.7 Å². The molecule has 3 N–H and O–H groups in total. The third-order valence-corrected chi connectivity index (χ3v) is 4.59. The van der Waals surface area contributed by atoms with Gasteiger partial charge >= 0.3 is 0 Å². The van der Waals surface area contributed by atoms with Gasteiger partial charge in [0.2, 0.25) is 0 Å². The molecule has 126 valence electrons. The van der Waals surface area contributed by atoms with Crippen LogP contribution in [0.15, 0.2) is 42.6 Å². The third-order valence-electron chi connectivity index (χ3n) is 4.35. The molecule has 0 saturated carbocycles. The topological polar surface area (TPSA) is 60.3 Å². The molecule has 5 heteroatoms. The fraction of sp³-hybridized carbons (Fsp3) is 0.263. The normalized spacial score (nSPS) is 12.3. The van der Waals surface area contributed by atoms with E-state index in [1.807, 2.05) is 42.6 Å². The van der Waals surface area contributed by atoms with Gasteiger partial charge in [0.1, 0.15) is 11.5 Å². The van der Waals surface area contributed by atoms with Gasteiger partial charge in [-0.2, -0.15) is 0 Å². The predicted molar refractivity (Wildman–Crippen MR) is 98.4 cm³/mol. The Kier molecular flexibility index (Phi) is 4.97. The average molecular weight is 345 g/mol. The standard InChI is InChI=1S/C19H21ClN2O2/c1-23-15-4-5-18-16(9-15)17(11-22-18)13(10-21)7-12-8-14(20)3-6-19(12)24-2/h3-6,8-9,11,13,22H,7,10,21H2,1-2H3. The number of nitrogens with two attached hydrogens (primary N) is 1. The molecule has 1 atom stereocenters. The van der Waals surface area contributed by atoms with Gasteiger partial charge in [-0.25, -0.2) is 0 Å². The van der Waals surface area contributed by atoms with Crippen LogP contribution in [0.5, 0.6) is 11.5 Å². The molecule has 4 nitrogen and oxygen atoms in total. The van der Waals surface area contributed by atoms with Crippen LogP contribution < -0.4 is 15.2 Å². The molecule has 0 radical (unpaired) electrons. The molecule has 0 aliphatic carbocycles. The predicted octanol–water partition coefficient (Wildman–Crippen LogP) is 4.12. The Bertz CT molecular complexity index is 844. The van der Waals surface area contributed by atoms with Crippen molar-refractivity contribution in [3.05, 3.63) is 58.7 Å². The van der Waals surface area contributed by atoms with Crippen LogP contribution in [-0.2, 0) is 6.42 Å². The Balaban J connectivity index is 1.99. The van der Waals surface area contributed by atoms with E-state index in [0.717, 1.165) is 34.4 Å². The van der Waals surface area contributed by atoms with Crippen molar-refractivity contribution in [1.29, 1.82) is 0 Å². The highest BCUT2D eigenvalue weighted by Gasteiger charge is 2.18. The number of methoxy groups -OCH3 is 2. The van der Waals surface area contributed by atoms with Gasteiger partial charge in [-0.15, -0.1) is 0 Å². The van der Waals surface area contributed by atoms with E-state index in [4.69, 9.17) is 26.8 Å². The van der Waals surface area contributed by atoms with Crippen molar-refractivity contribution in [2.24, 2.45) is 5.73 Å². The molecule has 0 aliphatic rings. The second kappa shape index (κ2) is 7.16. The fourth-order valence-corrected chi connectivity index (χ4v) is 3.27. The number of halogens is 1. The van der Waals surface area contributed by atoms with E-state index in [1.54, 1.807) is 14.2 Å². The number of hydrogen-bond donors (Lipinski definition) is 2. The molecule has 0 spiro atoms. The van der Waals surface area contributed by atoms with Crippen molar-refractivity contribution in [3.8, 4) is 11.5 Å². The Morgan fingerprint density at radius 1 is 1.12 bits per heavy atom. The van der Waals surface area contributed by atoms with Crippen LogP contribution in [0.2, 0.25) is 5.02 Å². The number of aromatic nitrogens is 1. The van der Waals surface area contributed by atoms with E-state index < -0.39 is 0 Å². The molecule has 0 fully saturated rings. The van der Waals surface area contributed by atoms with Crippen LogP contribution in [0, 0.1) is 0 Å². The Hall–Kier alpha value is -2.17. The molecule has 0 bridgehead atoms. The van der Waals surface area contributed by atoms with Gasteiger partial charge in [0.15, 0.2) is 0 Å². The molecule has 3 rings (SSSR count). The largest absolute Gasteiger partial charge is 0.497 e. The Morgan fingerprint density at radius 3 is 2.67 bits per heavy atom. The summed E-state index contributed by atoms with van der Waals surface area (Å²) >= 11 is 6.15. The molecular formula is C19H21ClN2O2. The summed E-state index contributed by atoms with van der Waals surface area (Å²) in [6, 6.07) is 11.7. The van der Waals surface area contributed by atoms with Gasteiger partial charge in [-0.3, -0.25) is 0 Å². The first-order valence-corrected chi connectivity index (χ1v) is 8.21. The number of H-pyrrole nitrogens is 1. The molecule has 0 amide bonds. The highest BCUT2D eigenvalue weighted by molar-refractivity contribution is 6.30. The van der Waals surface area contributed by atoms with Crippen molar-refractivity contribution in [1.82, 2.24) is 4.98 Å². The van der Waals surface area contributed by atoms with Crippen LogP contribution in [0.25, 0.3) is 10.9 Å². The van der Waals surface area contributed by atoms with Gasteiger partial charge in [-0.1, -0.05) is 11.6 Å². The number of benzene rings is 2. The lowest BCUT2D eigenvalue weighted by Crippen LogP contribution is -2.15. The van der Waals surface area contributed by atoms with Crippen LogP contribution in [0.4, 0.5) is 0 Å². The van der Waals surface area contributed by atoms with Gasteiger partial charge in [-0.05, 0) is 60.5 Å². The summed E-state index contributed by atoms with van der Waals surface area (Å²) in [6.07, 6.45) is 2.78. The van der Waals surface area contributed by atoms with Crippen molar-refractivity contribution in [3.63, 3.8) is 0 Å². The number of aromatic amines is 1. The minimum Gasteiger partial charge on any atom is -0.497 e. The summed E-state index contributed by atoms with van der Waals surface area (Å²) in [7, 11) is 3.34. The van der Waals surface area contributed by atoms with E-state index in [2.05, 4.69) is 4.98 Å². The summed E-state index contributed by atoms with van der Waals surface area (Å²) in [5.41, 5.74) is 9.38. The monoisotopic (exact) mass is 344 g/mol. The molecule has 1 heterocycles. The zero-order valence-corrected chi connectivity index (χ0v) is 14.6. The van der Waals surface area contributed by atoms with Crippen molar-refractivity contribution in [2.45, 2.75) is 12.3 Å². The quantitative estimate of drug-likeness (QED) is 0.707. The summed E-state index contributed by atoms with van der Waals surface area (Å²) < 4.78 is 10.8. The van der Waals surface area contributed by atoms with Crippen LogP contribution in [0.1, 0.15) is 17.0 Å². The zero-order chi connectivity index (χ0) is 17.1. The van der Waals surface area contributed by atoms with Crippen molar-refractivity contribution >= 4 is 22.5 Å². The molecule has 3 aromatic rings. The maximum Gasteiger partial charge on any atom is 0.122 e. The van der Waals surface area contributed by atoms with E-state index in [9.17, 15) is 0 Å². The van der Waals surface area contributed by atoms with Gasteiger partial charge in [0.05, 0.1) is 14.2 Å². The first-order valence-electron chi connectivity index (χ1n) is 7.83. The molecule has 0 aliphatic heterocycles. The SMILES string of the molecule is COc1ccc2[nH]cc(C(CN)Cc3cc(Cl)ccc3OC)c2c1. The molecular weight excluding hydrogens is 324 g/mol. The molecule has 1 aromatic heterocycles. The lowest BCUT2D eigenvalue weighted by molar-refractivity contribution is 0.408. The second-order valence-electron chi connectivity index (χ2n) is 5.75. The van der Waals surface area contributed by atoms with Crippen LogP contribution >= 0.6 is 11.6 Å². The number of fused-ring (bicyclic) bond motifs is 1. The van der Waals surface area contributed by atoms with E-state index in [0.29, 0.717) is 11.6 Å². The maximum atomic E-state index is 6.15. The number of rotatable bonds is 6. The Labute approximate surface area is 146 Å². The van der Waals surface area contributed by atoms with Crippen molar-refractivity contribution in [2.75, 3.05) is 20.8 Å². The fourth-order valence-electron chi connectivity index (χ4n) is 3.08. The third kappa shape index (κ3) is 3.21. The maximum absolute atomic E-state index is 6.15. The van der Waals surface area contributed by atoms with E-state index in [-0.39, 0.29) is 5.92 Å². The summed E-state index contributed by atoms with van der Waals surface area (Å²) in [5, 5.41) is 1.83. The van der Waals surface area contributed by atoms with Crippen molar-refractivity contribution < 1.29 is 9.47 Å². The molecule has 2 aromatic carbocycles. The average Bonchev–Trinajstić information content (AvgIpc) is 3.02. The highest BCUT2D eigenvalue weighted by Crippen LogP contribution is 2.33. The number of ether oxygens (including phenoxy) is 2. The second-order valence-corrected chi connectivity index (χ2v) is 6.18. The van der Waals surface area contributed by atoms with E-state index >= 15 is 0 Å². The number of hydrogen-bond acceptors (Lipinski definition) is 3.